The van der Waals surface area contributed by atoms with Crippen molar-refractivity contribution >= 4 is 18.4 Å². The van der Waals surface area contributed by atoms with Gasteiger partial charge in [-0.3, -0.25) is 14.6 Å². The lowest BCUT2D eigenvalue weighted by Crippen LogP contribution is -2.46. The molecule has 142 valence electrons. The van der Waals surface area contributed by atoms with E-state index in [9.17, 15) is 4.79 Å². The number of rotatable bonds is 7. The van der Waals surface area contributed by atoms with Gasteiger partial charge in [0.15, 0.2) is 5.76 Å². The summed E-state index contributed by atoms with van der Waals surface area (Å²) in [7, 11) is 0. The van der Waals surface area contributed by atoms with Crippen LogP contribution in [0.3, 0.4) is 0 Å². The van der Waals surface area contributed by atoms with E-state index < -0.39 is 5.97 Å². The SMILES string of the molecule is CCN(CC(=O)O)C1CCN(Cc2cc(-c3ccccc3)no2)CC1.Cl. The average Bonchev–Trinajstić information content (AvgIpc) is 3.09. The third-order valence-corrected chi connectivity index (χ3v) is 4.83. The van der Waals surface area contributed by atoms with Crippen LogP contribution in [-0.4, -0.2) is 58.3 Å². The molecule has 1 N–H and O–H groups in total. The molecular formula is C19H26ClN3O3. The Morgan fingerprint density at radius 3 is 2.62 bits per heavy atom. The van der Waals surface area contributed by atoms with E-state index in [1.807, 2.05) is 43.3 Å². The summed E-state index contributed by atoms with van der Waals surface area (Å²) in [5.74, 6) is 0.120. The molecule has 1 aliphatic rings. The molecule has 26 heavy (non-hydrogen) atoms. The number of halogens is 1. The summed E-state index contributed by atoms with van der Waals surface area (Å²) < 4.78 is 5.49. The highest BCUT2D eigenvalue weighted by Crippen LogP contribution is 2.22. The average molecular weight is 380 g/mol. The molecule has 1 aromatic heterocycles. The maximum Gasteiger partial charge on any atom is 0.317 e. The molecule has 6 nitrogen and oxygen atoms in total. The Morgan fingerprint density at radius 1 is 1.31 bits per heavy atom. The fourth-order valence-electron chi connectivity index (χ4n) is 3.47. The summed E-state index contributed by atoms with van der Waals surface area (Å²) >= 11 is 0. The lowest BCUT2D eigenvalue weighted by molar-refractivity contribution is -0.139. The van der Waals surface area contributed by atoms with Crippen molar-refractivity contribution in [2.75, 3.05) is 26.2 Å². The summed E-state index contributed by atoms with van der Waals surface area (Å²) in [5.41, 5.74) is 1.92. The molecule has 1 fully saturated rings. The molecule has 0 saturated carbocycles. The fourth-order valence-corrected chi connectivity index (χ4v) is 3.47. The zero-order valence-electron chi connectivity index (χ0n) is 15.0. The Morgan fingerprint density at radius 2 is 2.00 bits per heavy atom. The van der Waals surface area contributed by atoms with Gasteiger partial charge in [0.1, 0.15) is 5.69 Å². The zero-order chi connectivity index (χ0) is 17.6. The largest absolute Gasteiger partial charge is 0.480 e. The number of aliphatic carboxylic acids is 1. The van der Waals surface area contributed by atoms with Crippen LogP contribution in [-0.2, 0) is 11.3 Å². The first-order valence-corrected chi connectivity index (χ1v) is 8.85. The molecule has 3 rings (SSSR count). The fraction of sp³-hybridized carbons (Fsp3) is 0.474. The maximum absolute atomic E-state index is 11.0. The lowest BCUT2D eigenvalue weighted by atomic mass is 10.0. The minimum atomic E-state index is -0.751. The maximum atomic E-state index is 11.0. The van der Waals surface area contributed by atoms with Crippen molar-refractivity contribution in [1.82, 2.24) is 15.0 Å². The Hall–Kier alpha value is -1.89. The number of carbonyl (C=O) groups is 1. The highest BCUT2D eigenvalue weighted by molar-refractivity contribution is 5.85. The molecule has 1 aliphatic heterocycles. The molecule has 0 bridgehead atoms. The van der Waals surface area contributed by atoms with Crippen molar-refractivity contribution in [1.29, 1.82) is 0 Å². The molecule has 0 spiro atoms. The number of carboxylic acids is 1. The quantitative estimate of drug-likeness (QED) is 0.797. The molecule has 0 aliphatic carbocycles. The second-order valence-corrected chi connectivity index (χ2v) is 6.51. The van der Waals surface area contributed by atoms with Crippen LogP contribution in [0.25, 0.3) is 11.3 Å². The number of likely N-dealkylation sites (N-methyl/N-ethyl adjacent to an activating group) is 1. The second kappa shape index (κ2) is 9.71. The van der Waals surface area contributed by atoms with Gasteiger partial charge in [-0.15, -0.1) is 12.4 Å². The van der Waals surface area contributed by atoms with Gasteiger partial charge in [0, 0.05) is 30.8 Å². The van der Waals surface area contributed by atoms with Gasteiger partial charge in [0.25, 0.3) is 0 Å². The van der Waals surface area contributed by atoms with Gasteiger partial charge < -0.3 is 9.63 Å². The Bertz CT molecular complexity index is 684. The van der Waals surface area contributed by atoms with Crippen LogP contribution in [0.15, 0.2) is 40.9 Å². The molecule has 0 radical (unpaired) electrons. The predicted molar refractivity (Wildman–Crippen MR) is 102 cm³/mol. The van der Waals surface area contributed by atoms with Crippen molar-refractivity contribution in [2.24, 2.45) is 0 Å². The normalized spacial score (nSPS) is 15.8. The molecule has 1 aromatic carbocycles. The smallest absolute Gasteiger partial charge is 0.317 e. The molecule has 7 heteroatoms. The number of nitrogens with zero attached hydrogens (tertiary/aromatic N) is 3. The topological polar surface area (TPSA) is 69.8 Å². The second-order valence-electron chi connectivity index (χ2n) is 6.51. The molecule has 0 amide bonds. The molecule has 2 aromatic rings. The predicted octanol–water partition coefficient (Wildman–Crippen LogP) is 3.13. The van der Waals surface area contributed by atoms with E-state index in [0.29, 0.717) is 6.04 Å². The van der Waals surface area contributed by atoms with Crippen LogP contribution in [0.4, 0.5) is 0 Å². The van der Waals surface area contributed by atoms with Crippen molar-refractivity contribution in [3.63, 3.8) is 0 Å². The third-order valence-electron chi connectivity index (χ3n) is 4.83. The molecule has 0 atom stereocenters. The summed E-state index contributed by atoms with van der Waals surface area (Å²) in [4.78, 5) is 15.4. The first-order valence-electron chi connectivity index (χ1n) is 8.85. The van der Waals surface area contributed by atoms with Crippen molar-refractivity contribution < 1.29 is 14.4 Å². The van der Waals surface area contributed by atoms with E-state index in [0.717, 1.165) is 56.0 Å². The van der Waals surface area contributed by atoms with Crippen molar-refractivity contribution in [2.45, 2.75) is 32.4 Å². The summed E-state index contributed by atoms with van der Waals surface area (Å²) in [6.07, 6.45) is 1.97. The minimum absolute atomic E-state index is 0. The van der Waals surface area contributed by atoms with Crippen LogP contribution in [0, 0.1) is 0 Å². The highest BCUT2D eigenvalue weighted by atomic mass is 35.5. The number of likely N-dealkylation sites (tertiary alicyclic amines) is 1. The first kappa shape index (κ1) is 20.4. The Labute approximate surface area is 160 Å². The van der Waals surface area contributed by atoms with E-state index in [4.69, 9.17) is 9.63 Å². The highest BCUT2D eigenvalue weighted by Gasteiger charge is 2.25. The van der Waals surface area contributed by atoms with Gasteiger partial charge in [-0.05, 0) is 19.4 Å². The third kappa shape index (κ3) is 5.30. The zero-order valence-corrected chi connectivity index (χ0v) is 15.8. The van der Waals surface area contributed by atoms with Crippen LogP contribution in [0.1, 0.15) is 25.5 Å². The number of piperidine rings is 1. The van der Waals surface area contributed by atoms with Crippen molar-refractivity contribution in [3.8, 4) is 11.3 Å². The monoisotopic (exact) mass is 379 g/mol. The molecule has 2 heterocycles. The van der Waals surface area contributed by atoms with Gasteiger partial charge in [0.05, 0.1) is 13.1 Å². The number of hydrogen-bond donors (Lipinski definition) is 1. The number of benzene rings is 1. The molecule has 0 unspecified atom stereocenters. The van der Waals surface area contributed by atoms with Crippen LogP contribution in [0.5, 0.6) is 0 Å². The summed E-state index contributed by atoms with van der Waals surface area (Å²) in [5, 5.41) is 13.2. The molecule has 1 saturated heterocycles. The molecular weight excluding hydrogens is 354 g/mol. The summed E-state index contributed by atoms with van der Waals surface area (Å²) in [6, 6.07) is 12.4. The standard InChI is InChI=1S/C19H25N3O3.ClH/c1-2-22(14-19(23)24)16-8-10-21(11-9-16)13-17-12-18(20-25-17)15-6-4-3-5-7-15;/h3-7,12,16H,2,8-11,13-14H2,1H3,(H,23,24);1H. The Kier molecular flexibility index (Phi) is 7.63. The van der Waals surface area contributed by atoms with Gasteiger partial charge in [0.2, 0.25) is 0 Å². The van der Waals surface area contributed by atoms with E-state index in [1.54, 1.807) is 0 Å². The minimum Gasteiger partial charge on any atom is -0.480 e. The van der Waals surface area contributed by atoms with Crippen molar-refractivity contribution in [3.05, 3.63) is 42.2 Å². The number of hydrogen-bond acceptors (Lipinski definition) is 5. The number of aromatic nitrogens is 1. The number of carboxylic acid groups (broad SMARTS) is 1. The van der Waals surface area contributed by atoms with E-state index in [2.05, 4.69) is 15.0 Å². The lowest BCUT2D eigenvalue weighted by Gasteiger charge is -2.37. The first-order chi connectivity index (χ1) is 12.2. The van der Waals surface area contributed by atoms with Gasteiger partial charge in [-0.1, -0.05) is 42.4 Å². The Balaban J connectivity index is 0.00000243. The van der Waals surface area contributed by atoms with Gasteiger partial charge in [-0.25, -0.2) is 0 Å². The van der Waals surface area contributed by atoms with Crippen LogP contribution >= 0.6 is 12.4 Å². The van der Waals surface area contributed by atoms with E-state index >= 15 is 0 Å². The summed E-state index contributed by atoms with van der Waals surface area (Å²) in [6.45, 7) is 5.57. The van der Waals surface area contributed by atoms with Crippen LogP contribution in [0.2, 0.25) is 0 Å². The van der Waals surface area contributed by atoms with E-state index in [-0.39, 0.29) is 19.0 Å². The van der Waals surface area contributed by atoms with Gasteiger partial charge >= 0.3 is 5.97 Å². The van der Waals surface area contributed by atoms with Gasteiger partial charge in [-0.2, -0.15) is 0 Å². The van der Waals surface area contributed by atoms with Crippen LogP contribution < -0.4 is 0 Å². The van der Waals surface area contributed by atoms with E-state index in [1.165, 1.54) is 0 Å².